The van der Waals surface area contributed by atoms with Crippen LogP contribution in [-0.4, -0.2) is 113 Å². The molecule has 0 bridgehead atoms. The minimum absolute atomic E-state index is 0.0636. The summed E-state index contributed by atoms with van der Waals surface area (Å²) in [6, 6.07) is 15.3. The summed E-state index contributed by atoms with van der Waals surface area (Å²) in [4.78, 5) is 70.4. The smallest absolute Gasteiger partial charge is 0.243 e. The predicted octanol–water partition coefficient (Wildman–Crippen LogP) is 5.72. The minimum Gasteiger partial charge on any atom is -0.391 e. The normalized spacial score (nSPS) is 19.1. The summed E-state index contributed by atoms with van der Waals surface area (Å²) in [5, 5.41) is 26.6. The number of anilines is 2. The van der Waals surface area contributed by atoms with Gasteiger partial charge in [0.25, 0.3) is 0 Å². The number of rotatable bonds is 10. The Hall–Kier alpha value is -6.50. The zero-order valence-electron chi connectivity index (χ0n) is 39.8. The van der Waals surface area contributed by atoms with Gasteiger partial charge in [0.2, 0.25) is 23.6 Å². The zero-order chi connectivity index (χ0) is 48.1. The monoisotopic (exact) mass is 953 g/mol. The van der Waals surface area contributed by atoms with Crippen molar-refractivity contribution in [3.8, 4) is 21.7 Å². The Morgan fingerprint density at radius 3 is 2.51 bits per heavy atom. The van der Waals surface area contributed by atoms with E-state index in [-0.39, 0.29) is 37.3 Å². The van der Waals surface area contributed by atoms with Gasteiger partial charge in [-0.05, 0) is 53.9 Å². The lowest BCUT2D eigenvalue weighted by molar-refractivity contribution is -0.148. The Labute approximate surface area is 404 Å². The van der Waals surface area contributed by atoms with E-state index in [0.29, 0.717) is 25.3 Å². The Bertz CT molecular complexity index is 2930. The average Bonchev–Trinajstić information content (AvgIpc) is 4.14. The fourth-order valence-corrected chi connectivity index (χ4v) is 11.3. The number of aliphatic hydroxyl groups excluding tert-OH is 1. The molecule has 4 aliphatic heterocycles. The van der Waals surface area contributed by atoms with Crippen molar-refractivity contribution in [1.82, 2.24) is 44.5 Å². The molecule has 4 aliphatic rings. The van der Waals surface area contributed by atoms with Crippen LogP contribution in [0.15, 0.2) is 66.4 Å². The summed E-state index contributed by atoms with van der Waals surface area (Å²) in [6.45, 7) is 13.3. The van der Waals surface area contributed by atoms with E-state index in [9.17, 15) is 24.3 Å². The van der Waals surface area contributed by atoms with E-state index in [2.05, 4.69) is 48.5 Å². The quantitative estimate of drug-likeness (QED) is 0.142. The number of nitrogens with zero attached hydrogens (tertiary/aromatic N) is 9. The maximum absolute atomic E-state index is 14.4. The number of benzene rings is 2. The number of ether oxygens (including phenoxy) is 1. The van der Waals surface area contributed by atoms with Crippen LogP contribution in [0.4, 0.5) is 11.5 Å². The number of carbonyl (C=O) groups is 4. The molecule has 0 radical (unpaired) electrons. The van der Waals surface area contributed by atoms with Crippen molar-refractivity contribution < 1.29 is 29.0 Å². The van der Waals surface area contributed by atoms with Crippen LogP contribution >= 0.6 is 11.3 Å². The molecule has 4 amide bonds. The lowest BCUT2D eigenvalue weighted by atomic mass is 9.79. The topological polar surface area (TPSA) is 192 Å². The van der Waals surface area contributed by atoms with Crippen LogP contribution < -0.4 is 15.5 Å². The third kappa shape index (κ3) is 9.24. The number of hydrogen-bond acceptors (Lipinski definition) is 12. The maximum Gasteiger partial charge on any atom is 0.243 e. The van der Waals surface area contributed by atoms with Gasteiger partial charge in [-0.1, -0.05) is 63.2 Å². The van der Waals surface area contributed by atoms with Crippen LogP contribution in [0.2, 0.25) is 0 Å². The highest BCUT2D eigenvalue weighted by Gasteiger charge is 2.47. The lowest BCUT2D eigenvalue weighted by Crippen LogP contribution is -2.52. The average molecular weight is 954 g/mol. The first kappa shape index (κ1) is 46.2. The molecule has 0 unspecified atom stereocenters. The van der Waals surface area contributed by atoms with Crippen molar-refractivity contribution in [2.75, 3.05) is 43.1 Å². The molecular formula is C51H59N11O6S. The SMILES string of the molecule is CC(=O)N1CCc2c(c(-c3cccc4c3CCN(c3cnc5cc(NC(=O)[C@@H](C(=O)N6C[C@H](O)C[C@H]6C(=O)NCc6ccc(-c7scnc7C)cc6)C(C)(C)C)nn5c3)C4)nn2C2CCOCC2)C1. The number of likely N-dealkylation sites (tertiary alicyclic amines) is 1. The molecule has 6 aromatic rings. The summed E-state index contributed by atoms with van der Waals surface area (Å²) in [7, 11) is 0. The van der Waals surface area contributed by atoms with Crippen LogP contribution in [0, 0.1) is 18.3 Å². The Kier molecular flexibility index (Phi) is 12.6. The van der Waals surface area contributed by atoms with Crippen LogP contribution in [0.25, 0.3) is 27.3 Å². The molecule has 18 heteroatoms. The summed E-state index contributed by atoms with van der Waals surface area (Å²) < 4.78 is 9.56. The van der Waals surface area contributed by atoms with E-state index < -0.39 is 41.2 Å². The van der Waals surface area contributed by atoms with Crippen LogP contribution in [-0.2, 0) is 56.4 Å². The number of aromatic nitrogens is 6. The molecule has 2 saturated heterocycles. The Morgan fingerprint density at radius 2 is 1.77 bits per heavy atom. The number of aliphatic hydroxyl groups is 1. The second-order valence-corrected chi connectivity index (χ2v) is 20.7. The van der Waals surface area contributed by atoms with E-state index in [1.54, 1.807) is 49.6 Å². The van der Waals surface area contributed by atoms with E-state index in [4.69, 9.17) is 14.8 Å². The van der Waals surface area contributed by atoms with Crippen LogP contribution in [0.1, 0.15) is 86.6 Å². The lowest BCUT2D eigenvalue weighted by Gasteiger charge is -2.33. The highest BCUT2D eigenvalue weighted by molar-refractivity contribution is 7.13. The van der Waals surface area contributed by atoms with Crippen molar-refractivity contribution in [3.05, 3.63) is 100 Å². The number of fused-ring (bicyclic) bond motifs is 3. The number of carbonyl (C=O) groups excluding carboxylic acids is 4. The third-order valence-electron chi connectivity index (χ3n) is 14.2. The third-order valence-corrected chi connectivity index (χ3v) is 15.2. The molecular weight excluding hydrogens is 895 g/mol. The molecule has 360 valence electrons. The molecule has 2 fully saturated rings. The molecule has 2 aromatic carbocycles. The Balaban J connectivity index is 0.822. The molecule has 69 heavy (non-hydrogen) atoms. The number of nitrogens with one attached hydrogen (secondary N) is 2. The van der Waals surface area contributed by atoms with E-state index in [1.165, 1.54) is 21.7 Å². The summed E-state index contributed by atoms with van der Waals surface area (Å²) in [5.74, 6) is -2.38. The fraction of sp³-hybridized carbons (Fsp3) is 0.451. The molecule has 0 spiro atoms. The van der Waals surface area contributed by atoms with Gasteiger partial charge in [0.15, 0.2) is 11.5 Å². The largest absolute Gasteiger partial charge is 0.391 e. The van der Waals surface area contributed by atoms with Crippen molar-refractivity contribution in [2.45, 2.75) is 105 Å². The van der Waals surface area contributed by atoms with Gasteiger partial charge in [-0.15, -0.1) is 16.4 Å². The molecule has 10 rings (SSSR count). The highest BCUT2D eigenvalue weighted by atomic mass is 32.1. The van der Waals surface area contributed by atoms with Crippen molar-refractivity contribution in [2.24, 2.45) is 11.3 Å². The molecule has 4 aromatic heterocycles. The first-order chi connectivity index (χ1) is 33.2. The van der Waals surface area contributed by atoms with Gasteiger partial charge in [-0.25, -0.2) is 14.5 Å². The van der Waals surface area contributed by atoms with Gasteiger partial charge in [-0.2, -0.15) is 5.10 Å². The van der Waals surface area contributed by atoms with Gasteiger partial charge in [0.1, 0.15) is 12.0 Å². The van der Waals surface area contributed by atoms with Gasteiger partial charge >= 0.3 is 0 Å². The predicted molar refractivity (Wildman–Crippen MR) is 261 cm³/mol. The summed E-state index contributed by atoms with van der Waals surface area (Å²) in [6.07, 6.45) is 6.26. The van der Waals surface area contributed by atoms with Crippen LogP contribution in [0.5, 0.6) is 0 Å². The number of amides is 4. The first-order valence-corrected chi connectivity index (χ1v) is 24.8. The van der Waals surface area contributed by atoms with Gasteiger partial charge in [0.05, 0.1) is 52.0 Å². The van der Waals surface area contributed by atoms with E-state index in [0.717, 1.165) is 89.6 Å². The standard InChI is InChI=1S/C51H59N11O6S/c1-30-47(69-29-54-30)33-11-9-32(10-12-33)23-53-48(65)42-21-37(64)27-60(42)50(67)45(51(3,4)5)49(66)55-43-22-44-52-24-36(26-61(44)56-43)59-17-13-38-34(25-59)7-6-8-39(38)46-40-28-58(31(2)63)18-14-41(40)62(57-46)35-15-19-68-20-16-35/h6-12,22,24,26,29,35,37,42,45,64H,13-21,23,25,27-28H2,1-5H3,(H,53,65)(H,55,56,66)/t37-,42+,45+/m1/s1. The molecule has 8 heterocycles. The van der Waals surface area contributed by atoms with E-state index >= 15 is 0 Å². The Morgan fingerprint density at radius 1 is 0.971 bits per heavy atom. The number of aryl methyl sites for hydroxylation is 1. The number of thiazole rings is 1. The molecule has 3 atom stereocenters. The van der Waals surface area contributed by atoms with Gasteiger partial charge in [0, 0.05) is 95.1 Å². The van der Waals surface area contributed by atoms with Crippen LogP contribution in [0.3, 0.4) is 0 Å². The maximum atomic E-state index is 14.4. The highest BCUT2D eigenvalue weighted by Crippen LogP contribution is 2.39. The first-order valence-electron chi connectivity index (χ1n) is 23.9. The summed E-state index contributed by atoms with van der Waals surface area (Å²) >= 11 is 1.57. The van der Waals surface area contributed by atoms with Crippen molar-refractivity contribution in [1.29, 1.82) is 0 Å². The molecule has 3 N–H and O–H groups in total. The van der Waals surface area contributed by atoms with Crippen molar-refractivity contribution >= 4 is 52.1 Å². The minimum atomic E-state index is -1.19. The number of hydrogen-bond donors (Lipinski definition) is 3. The second kappa shape index (κ2) is 18.8. The molecule has 0 saturated carbocycles. The fourth-order valence-electron chi connectivity index (χ4n) is 10.5. The second-order valence-electron chi connectivity index (χ2n) is 19.9. The number of β-amino-alcohol motifs (C(OH)–C–C–N with tert-alkyl or cyclic N) is 1. The van der Waals surface area contributed by atoms with Crippen molar-refractivity contribution in [3.63, 3.8) is 0 Å². The zero-order valence-corrected chi connectivity index (χ0v) is 40.6. The molecule has 17 nitrogen and oxygen atoms in total. The summed E-state index contributed by atoms with van der Waals surface area (Å²) in [5.41, 5.74) is 12.2. The van der Waals surface area contributed by atoms with Gasteiger partial charge in [-0.3, -0.25) is 23.9 Å². The molecule has 0 aliphatic carbocycles. The van der Waals surface area contributed by atoms with E-state index in [1.807, 2.05) is 54.0 Å². The van der Waals surface area contributed by atoms with Gasteiger partial charge < -0.3 is 35.2 Å².